The lowest BCUT2D eigenvalue weighted by Crippen LogP contribution is -2.53. The molecule has 1 fully saturated rings. The summed E-state index contributed by atoms with van der Waals surface area (Å²) in [6.07, 6.45) is 1.66. The molecule has 1 amide bonds. The van der Waals surface area contributed by atoms with E-state index < -0.39 is 0 Å². The maximum atomic E-state index is 12.5. The Balaban J connectivity index is 1.89. The Morgan fingerprint density at radius 1 is 1.32 bits per heavy atom. The summed E-state index contributed by atoms with van der Waals surface area (Å²) in [5.74, 6) is -0.220. The zero-order valence-electron chi connectivity index (χ0n) is 12.4. The lowest BCUT2D eigenvalue weighted by molar-refractivity contribution is 0.0654. The molecule has 0 unspecified atom stereocenters. The molecule has 1 aliphatic rings. The number of rotatable bonds is 2. The van der Waals surface area contributed by atoms with Crippen molar-refractivity contribution in [2.45, 2.75) is 13.0 Å². The highest BCUT2D eigenvalue weighted by Gasteiger charge is 2.25. The Hall–Kier alpha value is -2.47. The smallest absolute Gasteiger partial charge is 0.261 e. The number of nitrogens with one attached hydrogen (secondary N) is 2. The first-order chi connectivity index (χ1) is 10.7. The van der Waals surface area contributed by atoms with E-state index in [-0.39, 0.29) is 23.1 Å². The first kappa shape index (κ1) is 14.5. The van der Waals surface area contributed by atoms with Gasteiger partial charge in [-0.25, -0.2) is 0 Å². The minimum atomic E-state index is -0.376. The van der Waals surface area contributed by atoms with Gasteiger partial charge in [-0.2, -0.15) is 0 Å². The van der Waals surface area contributed by atoms with Crippen LogP contribution in [0.2, 0.25) is 0 Å². The van der Waals surface area contributed by atoms with Gasteiger partial charge in [0, 0.05) is 31.9 Å². The maximum absolute atomic E-state index is 12.5. The number of pyridine rings is 2. The van der Waals surface area contributed by atoms with E-state index in [1.54, 1.807) is 23.2 Å². The van der Waals surface area contributed by atoms with Crippen LogP contribution in [0.1, 0.15) is 17.3 Å². The normalized spacial score (nSPS) is 18.2. The van der Waals surface area contributed by atoms with Crippen molar-refractivity contribution in [1.82, 2.24) is 20.2 Å². The number of carbonyl (C=O) groups excluding carboxylic acids is 1. The van der Waals surface area contributed by atoms with Crippen molar-refractivity contribution in [2.75, 3.05) is 19.6 Å². The fourth-order valence-electron chi connectivity index (χ4n) is 2.61. The van der Waals surface area contributed by atoms with Crippen LogP contribution < -0.4 is 10.9 Å². The Morgan fingerprint density at radius 3 is 2.86 bits per heavy atom. The fourth-order valence-corrected chi connectivity index (χ4v) is 2.61. The molecule has 1 atom stereocenters. The van der Waals surface area contributed by atoms with Crippen LogP contribution in [0.3, 0.4) is 0 Å². The number of hydrogen-bond acceptors (Lipinski definition) is 4. The SMILES string of the molecule is C[C@H]1CNCCN1C(=O)c1ccc(-c2ccccn2)[nH]c1=O. The van der Waals surface area contributed by atoms with Gasteiger partial charge in [0.25, 0.3) is 11.5 Å². The van der Waals surface area contributed by atoms with Crippen LogP contribution in [-0.2, 0) is 0 Å². The number of hydrogen-bond donors (Lipinski definition) is 2. The zero-order valence-corrected chi connectivity index (χ0v) is 12.4. The number of piperazine rings is 1. The zero-order chi connectivity index (χ0) is 15.5. The highest BCUT2D eigenvalue weighted by Crippen LogP contribution is 2.13. The number of H-pyrrole nitrogens is 1. The highest BCUT2D eigenvalue weighted by molar-refractivity contribution is 5.94. The summed E-state index contributed by atoms with van der Waals surface area (Å²) in [7, 11) is 0. The second-order valence-corrected chi connectivity index (χ2v) is 5.38. The Kier molecular flexibility index (Phi) is 4.02. The van der Waals surface area contributed by atoms with Gasteiger partial charge in [-0.3, -0.25) is 14.6 Å². The third-order valence-corrected chi connectivity index (χ3v) is 3.84. The summed E-state index contributed by atoms with van der Waals surface area (Å²) in [4.78, 5) is 33.5. The maximum Gasteiger partial charge on any atom is 0.261 e. The molecule has 0 radical (unpaired) electrons. The second-order valence-electron chi connectivity index (χ2n) is 5.38. The van der Waals surface area contributed by atoms with E-state index >= 15 is 0 Å². The van der Waals surface area contributed by atoms with Gasteiger partial charge in [0.1, 0.15) is 5.56 Å². The van der Waals surface area contributed by atoms with Gasteiger partial charge < -0.3 is 15.2 Å². The van der Waals surface area contributed by atoms with Crippen LogP contribution in [0.25, 0.3) is 11.4 Å². The molecule has 3 rings (SSSR count). The molecule has 2 aromatic heterocycles. The van der Waals surface area contributed by atoms with Gasteiger partial charge in [-0.05, 0) is 31.2 Å². The number of aromatic nitrogens is 2. The van der Waals surface area contributed by atoms with Crippen molar-refractivity contribution in [1.29, 1.82) is 0 Å². The number of aromatic amines is 1. The molecule has 22 heavy (non-hydrogen) atoms. The van der Waals surface area contributed by atoms with Gasteiger partial charge in [0.05, 0.1) is 11.4 Å². The number of amides is 1. The Morgan fingerprint density at radius 2 is 2.18 bits per heavy atom. The Labute approximate surface area is 128 Å². The third kappa shape index (κ3) is 2.78. The van der Waals surface area contributed by atoms with Gasteiger partial charge >= 0.3 is 0 Å². The monoisotopic (exact) mass is 298 g/mol. The van der Waals surface area contributed by atoms with Gasteiger partial charge in [-0.15, -0.1) is 0 Å². The van der Waals surface area contributed by atoms with Crippen molar-refractivity contribution in [3.63, 3.8) is 0 Å². The minimum absolute atomic E-state index is 0.0797. The molecule has 0 saturated carbocycles. The third-order valence-electron chi connectivity index (χ3n) is 3.84. The molecule has 2 N–H and O–H groups in total. The van der Waals surface area contributed by atoms with Gasteiger partial charge in [0.15, 0.2) is 0 Å². The molecule has 1 aliphatic heterocycles. The second kappa shape index (κ2) is 6.11. The molecule has 2 aromatic rings. The molecular weight excluding hydrogens is 280 g/mol. The van der Waals surface area contributed by atoms with E-state index in [0.29, 0.717) is 17.9 Å². The van der Waals surface area contributed by atoms with Crippen molar-refractivity contribution < 1.29 is 4.79 Å². The molecule has 0 aliphatic carbocycles. The van der Waals surface area contributed by atoms with Crippen molar-refractivity contribution in [3.8, 4) is 11.4 Å². The van der Waals surface area contributed by atoms with Crippen molar-refractivity contribution >= 4 is 5.91 Å². The van der Waals surface area contributed by atoms with Crippen LogP contribution >= 0.6 is 0 Å². The topological polar surface area (TPSA) is 78.1 Å². The van der Waals surface area contributed by atoms with Crippen molar-refractivity contribution in [3.05, 3.63) is 52.4 Å². The van der Waals surface area contributed by atoms with E-state index in [0.717, 1.165) is 13.1 Å². The van der Waals surface area contributed by atoms with E-state index in [2.05, 4.69) is 15.3 Å². The molecule has 0 bridgehead atoms. The Bertz CT molecular complexity index is 726. The van der Waals surface area contributed by atoms with Crippen LogP contribution in [0.15, 0.2) is 41.3 Å². The summed E-state index contributed by atoms with van der Waals surface area (Å²) in [5, 5.41) is 3.23. The number of carbonyl (C=O) groups is 1. The molecule has 114 valence electrons. The predicted molar refractivity (Wildman–Crippen MR) is 83.7 cm³/mol. The van der Waals surface area contributed by atoms with Crippen LogP contribution in [0, 0.1) is 0 Å². The highest BCUT2D eigenvalue weighted by atomic mass is 16.2. The average molecular weight is 298 g/mol. The van der Waals surface area contributed by atoms with Gasteiger partial charge in [-0.1, -0.05) is 6.07 Å². The van der Waals surface area contributed by atoms with E-state index in [1.165, 1.54) is 0 Å². The van der Waals surface area contributed by atoms with Gasteiger partial charge in [0.2, 0.25) is 0 Å². The first-order valence-electron chi connectivity index (χ1n) is 7.33. The van der Waals surface area contributed by atoms with E-state index in [1.807, 2.05) is 25.1 Å². The summed E-state index contributed by atoms with van der Waals surface area (Å²) >= 11 is 0. The molecule has 0 spiro atoms. The lowest BCUT2D eigenvalue weighted by atomic mass is 10.1. The van der Waals surface area contributed by atoms with E-state index in [9.17, 15) is 9.59 Å². The minimum Gasteiger partial charge on any atom is -0.333 e. The molecule has 6 heteroatoms. The van der Waals surface area contributed by atoms with Crippen LogP contribution in [0.5, 0.6) is 0 Å². The largest absolute Gasteiger partial charge is 0.333 e. The molecule has 3 heterocycles. The molecule has 1 saturated heterocycles. The molecular formula is C16H18N4O2. The van der Waals surface area contributed by atoms with Crippen molar-refractivity contribution in [2.24, 2.45) is 0 Å². The summed E-state index contributed by atoms with van der Waals surface area (Å²) in [5.41, 5.74) is 1.08. The standard InChI is InChI=1S/C16H18N4O2/c1-11-10-17-8-9-20(11)16(22)12-5-6-14(19-15(12)21)13-4-2-3-7-18-13/h2-7,11,17H,8-10H2,1H3,(H,19,21)/t11-/m0/s1. The quantitative estimate of drug-likeness (QED) is 0.862. The summed E-state index contributed by atoms with van der Waals surface area (Å²) in [6.45, 7) is 4.08. The van der Waals surface area contributed by atoms with Crippen LogP contribution in [-0.4, -0.2) is 46.5 Å². The van der Waals surface area contributed by atoms with E-state index in [4.69, 9.17) is 0 Å². The number of nitrogens with zero attached hydrogens (tertiary/aromatic N) is 2. The molecule has 6 nitrogen and oxygen atoms in total. The summed E-state index contributed by atoms with van der Waals surface area (Å²) < 4.78 is 0. The first-order valence-corrected chi connectivity index (χ1v) is 7.33. The average Bonchev–Trinajstić information content (AvgIpc) is 2.55. The predicted octanol–water partition coefficient (Wildman–Crippen LogP) is 0.871. The summed E-state index contributed by atoms with van der Waals surface area (Å²) in [6, 6.07) is 8.86. The fraction of sp³-hybridized carbons (Fsp3) is 0.312. The lowest BCUT2D eigenvalue weighted by Gasteiger charge is -2.33. The van der Waals surface area contributed by atoms with Crippen LogP contribution in [0.4, 0.5) is 0 Å². The molecule has 0 aromatic carbocycles.